The minimum absolute atomic E-state index is 0.0692. The summed E-state index contributed by atoms with van der Waals surface area (Å²) < 4.78 is 7.09. The third kappa shape index (κ3) is 4.17. The summed E-state index contributed by atoms with van der Waals surface area (Å²) in [6.45, 7) is 5.71. The summed E-state index contributed by atoms with van der Waals surface area (Å²) in [5, 5.41) is 4.17. The van der Waals surface area contributed by atoms with E-state index in [0.29, 0.717) is 17.8 Å². The van der Waals surface area contributed by atoms with Crippen LogP contribution >= 0.6 is 0 Å². The first kappa shape index (κ1) is 20.0. The molecular formula is C22H25N5O3. The third-order valence-electron chi connectivity index (χ3n) is 5.56. The fourth-order valence-corrected chi connectivity index (χ4v) is 3.83. The van der Waals surface area contributed by atoms with E-state index in [-0.39, 0.29) is 24.9 Å². The Kier molecular flexibility index (Phi) is 5.74. The fourth-order valence-electron chi connectivity index (χ4n) is 3.83. The highest BCUT2D eigenvalue weighted by Gasteiger charge is 2.19. The van der Waals surface area contributed by atoms with E-state index >= 15 is 0 Å². The Hall–Kier alpha value is -3.29. The number of ether oxygens (including phenoxy) is 1. The number of carbonyl (C=O) groups is 2. The molecule has 0 radical (unpaired) electrons. The second-order valence-corrected chi connectivity index (χ2v) is 7.59. The standard InChI is InChI=1S/C22H25N5O3/c1-15-19(16(2)27-22(25-15)23-14-24-27)9-10-20(28)30-13-17-5-7-18(8-6-17)21(29)26-11-3-4-12-26/h5-8,14H,3-4,9-13H2,1-2H3. The van der Waals surface area contributed by atoms with E-state index < -0.39 is 0 Å². The zero-order chi connectivity index (χ0) is 21.1. The van der Waals surface area contributed by atoms with Gasteiger partial charge in [-0.3, -0.25) is 9.59 Å². The van der Waals surface area contributed by atoms with Crippen LogP contribution in [-0.4, -0.2) is 49.4 Å². The van der Waals surface area contributed by atoms with Crippen molar-refractivity contribution in [2.75, 3.05) is 13.1 Å². The lowest BCUT2D eigenvalue weighted by molar-refractivity contribution is -0.144. The number of hydrogen-bond acceptors (Lipinski definition) is 6. The molecule has 1 fully saturated rings. The van der Waals surface area contributed by atoms with Gasteiger partial charge in [-0.2, -0.15) is 10.1 Å². The Morgan fingerprint density at radius 1 is 1.10 bits per heavy atom. The van der Waals surface area contributed by atoms with Crippen LogP contribution in [0.5, 0.6) is 0 Å². The van der Waals surface area contributed by atoms with Gasteiger partial charge in [0.2, 0.25) is 0 Å². The van der Waals surface area contributed by atoms with Crippen molar-refractivity contribution in [2.45, 2.75) is 46.1 Å². The molecule has 8 heteroatoms. The molecule has 3 heterocycles. The number of likely N-dealkylation sites (tertiary alicyclic amines) is 1. The van der Waals surface area contributed by atoms with Gasteiger partial charge in [-0.05, 0) is 56.4 Å². The van der Waals surface area contributed by atoms with Crippen molar-refractivity contribution < 1.29 is 14.3 Å². The van der Waals surface area contributed by atoms with Crippen molar-refractivity contribution in [1.82, 2.24) is 24.5 Å². The fraction of sp³-hybridized carbons (Fsp3) is 0.409. The first-order valence-corrected chi connectivity index (χ1v) is 10.2. The normalized spacial score (nSPS) is 13.7. The lowest BCUT2D eigenvalue weighted by Crippen LogP contribution is -2.27. The van der Waals surface area contributed by atoms with Gasteiger partial charge in [-0.15, -0.1) is 0 Å². The SMILES string of the molecule is Cc1nc2ncnn2c(C)c1CCC(=O)OCc1ccc(C(=O)N2CCCC2)cc1. The molecule has 4 rings (SSSR count). The molecule has 30 heavy (non-hydrogen) atoms. The Morgan fingerprint density at radius 3 is 2.57 bits per heavy atom. The summed E-state index contributed by atoms with van der Waals surface area (Å²) in [5.41, 5.74) is 4.29. The molecule has 1 aliphatic heterocycles. The molecule has 0 atom stereocenters. The largest absolute Gasteiger partial charge is 0.461 e. The molecular weight excluding hydrogens is 382 g/mol. The first-order chi connectivity index (χ1) is 14.5. The lowest BCUT2D eigenvalue weighted by atomic mass is 10.1. The van der Waals surface area contributed by atoms with E-state index in [1.54, 1.807) is 16.6 Å². The number of rotatable bonds is 6. The van der Waals surface area contributed by atoms with E-state index in [4.69, 9.17) is 4.74 Å². The zero-order valence-electron chi connectivity index (χ0n) is 17.3. The molecule has 1 saturated heterocycles. The van der Waals surface area contributed by atoms with Crippen LogP contribution in [0.25, 0.3) is 5.78 Å². The molecule has 156 valence electrons. The van der Waals surface area contributed by atoms with Crippen molar-refractivity contribution in [2.24, 2.45) is 0 Å². The van der Waals surface area contributed by atoms with Crippen LogP contribution in [-0.2, 0) is 22.6 Å². The van der Waals surface area contributed by atoms with Gasteiger partial charge in [-0.25, -0.2) is 9.50 Å². The molecule has 1 aliphatic rings. The van der Waals surface area contributed by atoms with Crippen molar-refractivity contribution >= 4 is 17.7 Å². The van der Waals surface area contributed by atoms with Gasteiger partial charge in [0.25, 0.3) is 11.7 Å². The molecule has 2 aromatic heterocycles. The van der Waals surface area contributed by atoms with Gasteiger partial charge in [0, 0.05) is 36.5 Å². The number of aromatic nitrogens is 4. The summed E-state index contributed by atoms with van der Waals surface area (Å²) in [5.74, 6) is 0.354. The van der Waals surface area contributed by atoms with Gasteiger partial charge < -0.3 is 9.64 Å². The Morgan fingerprint density at radius 2 is 1.83 bits per heavy atom. The maximum atomic E-state index is 12.4. The van der Waals surface area contributed by atoms with Gasteiger partial charge in [0.15, 0.2) is 0 Å². The van der Waals surface area contributed by atoms with Crippen molar-refractivity contribution in [1.29, 1.82) is 0 Å². The molecule has 8 nitrogen and oxygen atoms in total. The topological polar surface area (TPSA) is 89.7 Å². The van der Waals surface area contributed by atoms with Crippen molar-refractivity contribution in [3.05, 3.63) is 58.7 Å². The van der Waals surface area contributed by atoms with E-state index in [1.807, 2.05) is 30.9 Å². The molecule has 3 aromatic rings. The summed E-state index contributed by atoms with van der Waals surface area (Å²) in [7, 11) is 0. The van der Waals surface area contributed by atoms with Crippen LogP contribution in [0.4, 0.5) is 0 Å². The maximum absolute atomic E-state index is 12.4. The number of carbonyl (C=O) groups excluding carboxylic acids is 2. The van der Waals surface area contributed by atoms with Crippen LogP contribution in [0.1, 0.15) is 52.1 Å². The smallest absolute Gasteiger partial charge is 0.306 e. The summed E-state index contributed by atoms with van der Waals surface area (Å²) in [4.78, 5) is 35.0. The highest BCUT2D eigenvalue weighted by atomic mass is 16.5. The van der Waals surface area contributed by atoms with E-state index in [1.165, 1.54) is 6.33 Å². The molecule has 1 aromatic carbocycles. The predicted molar refractivity (Wildman–Crippen MR) is 110 cm³/mol. The molecule has 0 saturated carbocycles. The second-order valence-electron chi connectivity index (χ2n) is 7.59. The average molecular weight is 407 g/mol. The number of amides is 1. The molecule has 0 N–H and O–H groups in total. The quantitative estimate of drug-likeness (QED) is 0.584. The van der Waals surface area contributed by atoms with Crippen LogP contribution < -0.4 is 0 Å². The molecule has 1 amide bonds. The minimum Gasteiger partial charge on any atom is -0.461 e. The number of fused-ring (bicyclic) bond motifs is 1. The lowest BCUT2D eigenvalue weighted by Gasteiger charge is -2.15. The van der Waals surface area contributed by atoms with Gasteiger partial charge in [-0.1, -0.05) is 12.1 Å². The Labute approximate surface area is 174 Å². The number of benzene rings is 1. The number of hydrogen-bond donors (Lipinski definition) is 0. The summed E-state index contributed by atoms with van der Waals surface area (Å²) in [6.07, 6.45) is 4.40. The number of aryl methyl sites for hydroxylation is 2. The highest BCUT2D eigenvalue weighted by Crippen LogP contribution is 2.16. The van der Waals surface area contributed by atoms with Crippen LogP contribution in [0.2, 0.25) is 0 Å². The van der Waals surface area contributed by atoms with E-state index in [0.717, 1.165) is 48.4 Å². The zero-order valence-corrected chi connectivity index (χ0v) is 17.3. The van der Waals surface area contributed by atoms with Gasteiger partial charge in [0.05, 0.1) is 0 Å². The second kappa shape index (κ2) is 8.61. The van der Waals surface area contributed by atoms with Crippen LogP contribution in [0, 0.1) is 13.8 Å². The molecule has 0 spiro atoms. The van der Waals surface area contributed by atoms with E-state index in [9.17, 15) is 9.59 Å². The maximum Gasteiger partial charge on any atom is 0.306 e. The monoisotopic (exact) mass is 407 g/mol. The van der Waals surface area contributed by atoms with Crippen LogP contribution in [0.3, 0.4) is 0 Å². The highest BCUT2D eigenvalue weighted by molar-refractivity contribution is 5.94. The minimum atomic E-state index is -0.273. The number of esters is 1. The molecule has 0 unspecified atom stereocenters. The van der Waals surface area contributed by atoms with Crippen molar-refractivity contribution in [3.8, 4) is 0 Å². The third-order valence-corrected chi connectivity index (χ3v) is 5.56. The van der Waals surface area contributed by atoms with Crippen LogP contribution in [0.15, 0.2) is 30.6 Å². The molecule has 0 bridgehead atoms. The summed E-state index contributed by atoms with van der Waals surface area (Å²) in [6, 6.07) is 7.28. The summed E-state index contributed by atoms with van der Waals surface area (Å²) >= 11 is 0. The molecule has 0 aliphatic carbocycles. The number of nitrogens with zero attached hydrogens (tertiary/aromatic N) is 5. The van der Waals surface area contributed by atoms with E-state index in [2.05, 4.69) is 15.1 Å². The van der Waals surface area contributed by atoms with Crippen molar-refractivity contribution in [3.63, 3.8) is 0 Å². The first-order valence-electron chi connectivity index (χ1n) is 10.2. The predicted octanol–water partition coefficient (Wildman–Crippen LogP) is 2.65. The average Bonchev–Trinajstić information content (AvgIpc) is 3.44. The Bertz CT molecular complexity index is 1070. The van der Waals surface area contributed by atoms with Gasteiger partial charge >= 0.3 is 5.97 Å². The Balaban J connectivity index is 1.30. The van der Waals surface area contributed by atoms with Gasteiger partial charge in [0.1, 0.15) is 12.9 Å².